The van der Waals surface area contributed by atoms with Crippen LogP contribution in [-0.4, -0.2) is 5.97 Å². The Morgan fingerprint density at radius 1 is 1.14 bits per heavy atom. The van der Waals surface area contributed by atoms with Crippen molar-refractivity contribution >= 4 is 18.4 Å². The molecule has 0 saturated heterocycles. The van der Waals surface area contributed by atoms with Gasteiger partial charge in [-0.05, 0) is 23.3 Å². The summed E-state index contributed by atoms with van der Waals surface area (Å²) in [6, 6.07) is 4.04. The van der Waals surface area contributed by atoms with E-state index in [2.05, 4.69) is 11.4 Å². The van der Waals surface area contributed by atoms with Crippen LogP contribution in [-0.2, 0) is 24.4 Å². The summed E-state index contributed by atoms with van der Waals surface area (Å²) in [5.41, 5.74) is 4.32. The van der Waals surface area contributed by atoms with Gasteiger partial charge in [0.25, 0.3) is 0 Å². The van der Waals surface area contributed by atoms with E-state index in [0.29, 0.717) is 6.61 Å². The highest BCUT2D eigenvalue weighted by Gasteiger charge is 2.24. The van der Waals surface area contributed by atoms with Gasteiger partial charge in [-0.25, -0.2) is 4.79 Å². The molecule has 0 saturated carbocycles. The smallest absolute Gasteiger partial charge is 0.338 e. The van der Waals surface area contributed by atoms with Gasteiger partial charge in [-0.1, -0.05) is 0 Å². The fourth-order valence-corrected chi connectivity index (χ4v) is 1.93. The third-order valence-electron chi connectivity index (χ3n) is 2.64. The van der Waals surface area contributed by atoms with Crippen LogP contribution in [0.25, 0.3) is 0 Å². The number of nitrogens with one attached hydrogen (secondary N) is 1. The first-order valence-electron chi connectivity index (χ1n) is 4.37. The van der Waals surface area contributed by atoms with E-state index >= 15 is 0 Å². The normalized spacial score (nSPS) is 17.0. The third-order valence-corrected chi connectivity index (χ3v) is 2.64. The predicted octanol–water partition coefficient (Wildman–Crippen LogP) is 1.38. The van der Waals surface area contributed by atoms with Gasteiger partial charge < -0.3 is 10.1 Å². The minimum Gasteiger partial charge on any atom is -0.457 e. The minimum absolute atomic E-state index is 0. The van der Waals surface area contributed by atoms with Crippen LogP contribution >= 0.6 is 12.4 Å². The molecule has 1 aromatic carbocycles. The van der Waals surface area contributed by atoms with Gasteiger partial charge >= 0.3 is 5.97 Å². The van der Waals surface area contributed by atoms with Gasteiger partial charge in [-0.2, -0.15) is 0 Å². The fourth-order valence-electron chi connectivity index (χ4n) is 1.93. The maximum Gasteiger partial charge on any atom is 0.338 e. The quantitative estimate of drug-likeness (QED) is 0.659. The molecule has 3 rings (SSSR count). The largest absolute Gasteiger partial charge is 0.457 e. The summed E-state index contributed by atoms with van der Waals surface area (Å²) < 4.78 is 4.94. The van der Waals surface area contributed by atoms with Crippen molar-refractivity contribution in [2.45, 2.75) is 19.7 Å². The molecule has 0 spiro atoms. The molecular weight excluding hydrogens is 202 g/mol. The van der Waals surface area contributed by atoms with E-state index in [9.17, 15) is 4.79 Å². The number of carbonyl (C=O) groups excluding carboxylic acids is 1. The summed E-state index contributed by atoms with van der Waals surface area (Å²) >= 11 is 0. The number of carbonyl (C=O) groups is 1. The predicted molar refractivity (Wildman–Crippen MR) is 53.4 cm³/mol. The molecule has 4 heteroatoms. The van der Waals surface area contributed by atoms with Gasteiger partial charge in [0.15, 0.2) is 0 Å². The van der Waals surface area contributed by atoms with Gasteiger partial charge in [-0.3, -0.25) is 0 Å². The molecule has 0 aliphatic carbocycles. The van der Waals surface area contributed by atoms with Crippen molar-refractivity contribution in [3.8, 4) is 0 Å². The number of halogens is 1. The maximum absolute atomic E-state index is 11.2. The van der Waals surface area contributed by atoms with Gasteiger partial charge in [0.1, 0.15) is 6.61 Å². The number of fused-ring (bicyclic) bond motifs is 2. The molecule has 0 radical (unpaired) electrons. The molecule has 2 aliphatic rings. The fraction of sp³-hybridized carbons (Fsp3) is 0.300. The van der Waals surface area contributed by atoms with E-state index in [4.69, 9.17) is 4.74 Å². The molecule has 3 nitrogen and oxygen atoms in total. The lowest BCUT2D eigenvalue weighted by molar-refractivity contribution is 0.0535. The van der Waals surface area contributed by atoms with Gasteiger partial charge in [0, 0.05) is 18.7 Å². The molecule has 2 heterocycles. The number of hydrogen-bond donors (Lipinski definition) is 1. The van der Waals surface area contributed by atoms with Gasteiger partial charge in [-0.15, -0.1) is 12.4 Å². The first-order chi connectivity index (χ1) is 6.34. The summed E-state index contributed by atoms with van der Waals surface area (Å²) in [6.07, 6.45) is 0. The third kappa shape index (κ3) is 1.21. The maximum atomic E-state index is 11.2. The summed E-state index contributed by atoms with van der Waals surface area (Å²) in [5, 5.41) is 3.25. The number of ether oxygens (including phenoxy) is 1. The zero-order valence-corrected chi connectivity index (χ0v) is 8.32. The van der Waals surface area contributed by atoms with Crippen LogP contribution in [0.3, 0.4) is 0 Å². The number of hydrogen-bond acceptors (Lipinski definition) is 3. The Morgan fingerprint density at radius 3 is 2.64 bits per heavy atom. The molecule has 0 amide bonds. The van der Waals surface area contributed by atoms with Crippen LogP contribution in [0.1, 0.15) is 27.0 Å². The van der Waals surface area contributed by atoms with Crippen LogP contribution in [0.2, 0.25) is 0 Å². The lowest BCUT2D eigenvalue weighted by atomic mass is 10.0. The molecule has 2 aliphatic heterocycles. The van der Waals surface area contributed by atoms with Crippen molar-refractivity contribution < 1.29 is 9.53 Å². The second-order valence-electron chi connectivity index (χ2n) is 3.46. The van der Waals surface area contributed by atoms with Crippen LogP contribution in [0, 0.1) is 0 Å². The number of cyclic esters (lactones) is 1. The second kappa shape index (κ2) is 3.26. The van der Waals surface area contributed by atoms with Crippen LogP contribution in [0.4, 0.5) is 0 Å². The van der Waals surface area contributed by atoms with Crippen LogP contribution in [0.15, 0.2) is 12.1 Å². The molecular formula is C10H10ClNO2. The standard InChI is InChI=1S/C10H9NO2.ClH/c12-10-9-2-7-4-11-3-6(7)1-8(9)5-13-10;/h1-2,11H,3-5H2;1H. The summed E-state index contributed by atoms with van der Waals surface area (Å²) in [6.45, 7) is 2.23. The molecule has 1 N–H and O–H groups in total. The average molecular weight is 212 g/mol. The lowest BCUT2D eigenvalue weighted by Crippen LogP contribution is -2.00. The van der Waals surface area contributed by atoms with Crippen LogP contribution in [0.5, 0.6) is 0 Å². The Morgan fingerprint density at radius 2 is 1.86 bits per heavy atom. The summed E-state index contributed by atoms with van der Waals surface area (Å²) in [4.78, 5) is 11.2. The highest BCUT2D eigenvalue weighted by Crippen LogP contribution is 2.26. The van der Waals surface area contributed by atoms with Gasteiger partial charge in [0.05, 0.1) is 5.56 Å². The number of rotatable bonds is 0. The topological polar surface area (TPSA) is 38.3 Å². The SMILES string of the molecule is Cl.O=C1OCc2cc3c(cc21)CNC3. The molecule has 0 fully saturated rings. The van der Waals surface area contributed by atoms with Crippen molar-refractivity contribution in [3.63, 3.8) is 0 Å². The molecule has 1 aromatic rings. The van der Waals surface area contributed by atoms with Crippen molar-refractivity contribution in [2.75, 3.05) is 0 Å². The summed E-state index contributed by atoms with van der Waals surface area (Å²) in [7, 11) is 0. The first kappa shape index (κ1) is 9.49. The lowest BCUT2D eigenvalue weighted by Gasteiger charge is -1.99. The monoisotopic (exact) mass is 211 g/mol. The second-order valence-corrected chi connectivity index (χ2v) is 3.46. The summed E-state index contributed by atoms with van der Waals surface area (Å²) in [5.74, 6) is -0.176. The van der Waals surface area contributed by atoms with E-state index in [-0.39, 0.29) is 18.4 Å². The number of benzene rings is 1. The van der Waals surface area contributed by atoms with Gasteiger partial charge in [0.2, 0.25) is 0 Å². The molecule has 74 valence electrons. The van der Waals surface area contributed by atoms with E-state index in [1.54, 1.807) is 0 Å². The molecule has 0 unspecified atom stereocenters. The molecule has 0 bridgehead atoms. The average Bonchev–Trinajstić information content (AvgIpc) is 2.70. The Bertz CT molecular complexity index is 403. The van der Waals surface area contributed by atoms with E-state index < -0.39 is 0 Å². The first-order valence-corrected chi connectivity index (χ1v) is 4.37. The van der Waals surface area contributed by atoms with Crippen molar-refractivity contribution in [1.82, 2.24) is 5.32 Å². The highest BCUT2D eigenvalue weighted by atomic mass is 35.5. The van der Waals surface area contributed by atoms with E-state index in [1.807, 2.05) is 6.07 Å². The van der Waals surface area contributed by atoms with E-state index in [0.717, 1.165) is 24.2 Å². The molecule has 14 heavy (non-hydrogen) atoms. The Kier molecular flexibility index (Phi) is 2.21. The van der Waals surface area contributed by atoms with Crippen molar-refractivity contribution in [1.29, 1.82) is 0 Å². The molecule has 0 atom stereocenters. The zero-order chi connectivity index (χ0) is 8.84. The zero-order valence-electron chi connectivity index (χ0n) is 7.50. The van der Waals surface area contributed by atoms with Crippen LogP contribution < -0.4 is 5.32 Å². The van der Waals surface area contributed by atoms with E-state index in [1.165, 1.54) is 11.1 Å². The molecule has 0 aromatic heterocycles. The Balaban J connectivity index is 0.000000750. The number of esters is 1. The highest BCUT2D eigenvalue weighted by molar-refractivity contribution is 5.93. The van der Waals surface area contributed by atoms with Crippen molar-refractivity contribution in [3.05, 3.63) is 34.4 Å². The Hall–Kier alpha value is -1.06. The van der Waals surface area contributed by atoms with Crippen molar-refractivity contribution in [2.24, 2.45) is 0 Å². The Labute approximate surface area is 87.9 Å². The minimum atomic E-state index is -0.176.